The van der Waals surface area contributed by atoms with Crippen molar-refractivity contribution < 1.29 is 14.7 Å². The Morgan fingerprint density at radius 2 is 1.65 bits per heavy atom. The minimum Gasteiger partial charge on any atom is -0.478 e. The molecule has 1 fully saturated rings. The molecule has 5 nitrogen and oxygen atoms in total. The Bertz CT molecular complexity index is 1040. The smallest absolute Gasteiger partial charge is 0.339 e. The van der Waals surface area contributed by atoms with Crippen LogP contribution < -0.4 is 5.32 Å². The Kier molecular flexibility index (Phi) is 6.41. The summed E-state index contributed by atoms with van der Waals surface area (Å²) in [5.74, 6) is -1.10. The van der Waals surface area contributed by atoms with Crippen LogP contribution in [0.1, 0.15) is 53.9 Å². The summed E-state index contributed by atoms with van der Waals surface area (Å²) in [5, 5.41) is 12.3. The van der Waals surface area contributed by atoms with Crippen LogP contribution in [0.2, 0.25) is 0 Å². The van der Waals surface area contributed by atoms with Crippen molar-refractivity contribution in [3.63, 3.8) is 0 Å². The van der Waals surface area contributed by atoms with Gasteiger partial charge < -0.3 is 10.4 Å². The van der Waals surface area contributed by atoms with Crippen molar-refractivity contribution in [2.45, 2.75) is 38.0 Å². The van der Waals surface area contributed by atoms with Gasteiger partial charge in [0.15, 0.2) is 0 Å². The number of carbonyl (C=O) groups is 2. The molecule has 1 aromatic heterocycles. The maximum atomic E-state index is 13.3. The molecule has 1 aliphatic rings. The molecule has 1 heterocycles. The van der Waals surface area contributed by atoms with Crippen LogP contribution in [0.3, 0.4) is 0 Å². The molecular weight excluding hydrogens is 388 g/mol. The van der Waals surface area contributed by atoms with Crippen LogP contribution >= 0.6 is 0 Å². The molecule has 0 saturated heterocycles. The summed E-state index contributed by atoms with van der Waals surface area (Å²) in [5.41, 5.74) is 3.47. The molecule has 1 aliphatic carbocycles. The van der Waals surface area contributed by atoms with E-state index in [0.29, 0.717) is 5.92 Å². The Labute approximate surface area is 182 Å². The van der Waals surface area contributed by atoms with E-state index in [1.54, 1.807) is 0 Å². The monoisotopic (exact) mass is 414 g/mol. The maximum Gasteiger partial charge on any atom is 0.339 e. The van der Waals surface area contributed by atoms with E-state index >= 15 is 0 Å². The van der Waals surface area contributed by atoms with Crippen LogP contribution in [0.4, 0.5) is 5.69 Å². The zero-order valence-corrected chi connectivity index (χ0v) is 17.3. The third-order valence-electron chi connectivity index (χ3n) is 6.09. The number of carbonyl (C=O) groups excluding carboxylic acids is 1. The van der Waals surface area contributed by atoms with Gasteiger partial charge in [-0.25, -0.2) is 4.79 Å². The first-order valence-corrected chi connectivity index (χ1v) is 10.8. The Morgan fingerprint density at radius 3 is 2.32 bits per heavy atom. The first-order chi connectivity index (χ1) is 15.1. The van der Waals surface area contributed by atoms with Crippen LogP contribution in [-0.4, -0.2) is 22.0 Å². The summed E-state index contributed by atoms with van der Waals surface area (Å²) < 4.78 is 0. The summed E-state index contributed by atoms with van der Waals surface area (Å²) in [7, 11) is 0. The number of nitrogens with one attached hydrogen (secondary N) is 1. The van der Waals surface area contributed by atoms with E-state index in [9.17, 15) is 14.7 Å². The van der Waals surface area contributed by atoms with Gasteiger partial charge in [-0.3, -0.25) is 9.78 Å². The predicted octanol–water partition coefficient (Wildman–Crippen LogP) is 5.75. The van der Waals surface area contributed by atoms with Crippen molar-refractivity contribution in [1.82, 2.24) is 4.98 Å². The number of hydrogen-bond donors (Lipinski definition) is 2. The van der Waals surface area contributed by atoms with Crippen molar-refractivity contribution in [2.24, 2.45) is 5.92 Å². The fourth-order valence-corrected chi connectivity index (χ4v) is 4.41. The standard InChI is InChI=1S/C26H26N2O3/c29-25(28-24-14-15-27-17-23(24)26(30)31)22(16-18-6-4-5-7-18)21-12-10-20(11-13-21)19-8-2-1-3-9-19/h1-3,8-15,17-18,22H,4-7,16H2,(H,30,31)(H,27,28,29). The highest BCUT2D eigenvalue weighted by molar-refractivity contribution is 6.02. The Morgan fingerprint density at radius 1 is 0.968 bits per heavy atom. The largest absolute Gasteiger partial charge is 0.478 e. The number of hydrogen-bond acceptors (Lipinski definition) is 3. The minimum absolute atomic E-state index is 0.00473. The summed E-state index contributed by atoms with van der Waals surface area (Å²) in [4.78, 5) is 28.7. The Balaban J connectivity index is 1.60. The lowest BCUT2D eigenvalue weighted by atomic mass is 9.86. The number of pyridine rings is 1. The molecule has 0 radical (unpaired) electrons. The summed E-state index contributed by atoms with van der Waals surface area (Å²) >= 11 is 0. The number of nitrogens with zero attached hydrogens (tertiary/aromatic N) is 1. The molecule has 31 heavy (non-hydrogen) atoms. The summed E-state index contributed by atoms with van der Waals surface area (Å²) in [6.45, 7) is 0. The molecule has 0 aliphatic heterocycles. The van der Waals surface area contributed by atoms with Crippen molar-refractivity contribution >= 4 is 17.6 Å². The van der Waals surface area contributed by atoms with Gasteiger partial charge in [-0.2, -0.15) is 0 Å². The van der Waals surface area contributed by atoms with Gasteiger partial charge in [-0.05, 0) is 35.1 Å². The lowest BCUT2D eigenvalue weighted by Crippen LogP contribution is -2.24. The molecule has 2 N–H and O–H groups in total. The van der Waals surface area contributed by atoms with E-state index in [2.05, 4.69) is 34.6 Å². The van der Waals surface area contributed by atoms with Crippen LogP contribution in [0.15, 0.2) is 73.1 Å². The van der Waals surface area contributed by atoms with Crippen molar-refractivity contribution in [2.75, 3.05) is 5.32 Å². The average Bonchev–Trinajstić information content (AvgIpc) is 3.32. The van der Waals surface area contributed by atoms with E-state index in [4.69, 9.17) is 0 Å². The predicted molar refractivity (Wildman–Crippen MR) is 121 cm³/mol. The lowest BCUT2D eigenvalue weighted by Gasteiger charge is -2.21. The topological polar surface area (TPSA) is 79.3 Å². The number of rotatable bonds is 7. The maximum absolute atomic E-state index is 13.3. The average molecular weight is 415 g/mol. The molecule has 1 amide bonds. The van der Waals surface area contributed by atoms with Crippen LogP contribution in [0.5, 0.6) is 0 Å². The molecule has 5 heteroatoms. The molecule has 0 bridgehead atoms. The minimum atomic E-state index is -1.11. The molecule has 3 aromatic rings. The van der Waals surface area contributed by atoms with Gasteiger partial charge in [0, 0.05) is 12.4 Å². The van der Waals surface area contributed by atoms with Crippen LogP contribution in [0, 0.1) is 5.92 Å². The number of carboxylic acid groups (broad SMARTS) is 1. The summed E-state index contributed by atoms with van der Waals surface area (Å²) in [6.07, 6.45) is 8.22. The normalized spacial score (nSPS) is 14.8. The van der Waals surface area contributed by atoms with Crippen LogP contribution in [-0.2, 0) is 4.79 Å². The highest BCUT2D eigenvalue weighted by atomic mass is 16.4. The highest BCUT2D eigenvalue weighted by Gasteiger charge is 2.27. The number of carboxylic acids is 1. The number of aromatic nitrogens is 1. The molecular formula is C26H26N2O3. The number of anilines is 1. The molecule has 4 rings (SSSR count). The van der Waals surface area contributed by atoms with Gasteiger partial charge in [0.1, 0.15) is 5.56 Å². The first kappa shape index (κ1) is 20.8. The molecule has 1 atom stereocenters. The zero-order valence-electron chi connectivity index (χ0n) is 17.3. The quantitative estimate of drug-likeness (QED) is 0.516. The van der Waals surface area contributed by atoms with Crippen LogP contribution in [0.25, 0.3) is 11.1 Å². The van der Waals surface area contributed by atoms with Crippen molar-refractivity contribution in [3.05, 3.63) is 84.2 Å². The fourth-order valence-electron chi connectivity index (χ4n) is 4.41. The van der Waals surface area contributed by atoms with Crippen molar-refractivity contribution in [1.29, 1.82) is 0 Å². The Hall–Kier alpha value is -3.47. The third-order valence-corrected chi connectivity index (χ3v) is 6.09. The SMILES string of the molecule is O=C(O)c1cnccc1NC(=O)C(CC1CCCC1)c1ccc(-c2ccccc2)cc1. The fraction of sp³-hybridized carbons (Fsp3) is 0.269. The second-order valence-corrected chi connectivity index (χ2v) is 8.14. The summed E-state index contributed by atoms with van der Waals surface area (Å²) in [6, 6.07) is 19.8. The van der Waals surface area contributed by atoms with E-state index in [-0.39, 0.29) is 23.1 Å². The number of amides is 1. The van der Waals surface area contributed by atoms with E-state index in [1.165, 1.54) is 31.3 Å². The molecule has 1 unspecified atom stereocenters. The third kappa shape index (κ3) is 5.00. The van der Waals surface area contributed by atoms with Gasteiger partial charge in [0.2, 0.25) is 5.91 Å². The molecule has 2 aromatic carbocycles. The van der Waals surface area contributed by atoms with E-state index in [0.717, 1.165) is 36.0 Å². The first-order valence-electron chi connectivity index (χ1n) is 10.8. The van der Waals surface area contributed by atoms with E-state index in [1.807, 2.05) is 30.3 Å². The molecule has 0 spiro atoms. The zero-order chi connectivity index (χ0) is 21.6. The molecule has 1 saturated carbocycles. The van der Waals surface area contributed by atoms with Gasteiger partial charge in [0.25, 0.3) is 0 Å². The number of aromatic carboxylic acids is 1. The highest BCUT2D eigenvalue weighted by Crippen LogP contribution is 2.35. The van der Waals surface area contributed by atoms with Gasteiger partial charge in [0.05, 0.1) is 11.6 Å². The lowest BCUT2D eigenvalue weighted by molar-refractivity contribution is -0.118. The van der Waals surface area contributed by atoms with Crippen molar-refractivity contribution in [3.8, 4) is 11.1 Å². The second-order valence-electron chi connectivity index (χ2n) is 8.14. The van der Waals surface area contributed by atoms with Gasteiger partial charge in [-0.15, -0.1) is 0 Å². The second kappa shape index (κ2) is 9.56. The number of benzene rings is 2. The molecule has 158 valence electrons. The van der Waals surface area contributed by atoms with Gasteiger partial charge >= 0.3 is 5.97 Å². The van der Waals surface area contributed by atoms with E-state index < -0.39 is 5.97 Å². The van der Waals surface area contributed by atoms with Gasteiger partial charge in [-0.1, -0.05) is 80.3 Å².